The van der Waals surface area contributed by atoms with Crippen molar-refractivity contribution in [3.8, 4) is 11.6 Å². The van der Waals surface area contributed by atoms with E-state index in [1.54, 1.807) is 12.3 Å². The van der Waals surface area contributed by atoms with Gasteiger partial charge in [0, 0.05) is 32.6 Å². The fourth-order valence-electron chi connectivity index (χ4n) is 3.24. The molecule has 1 atom stereocenters. The summed E-state index contributed by atoms with van der Waals surface area (Å²) in [7, 11) is 0. The van der Waals surface area contributed by atoms with Gasteiger partial charge in [-0.15, -0.1) is 24.0 Å². The Labute approximate surface area is 187 Å². The normalized spacial score (nSPS) is 17.0. The molecule has 0 amide bonds. The number of aromatic amines is 1. The number of carbonyl (C=O) groups is 1. The molecule has 1 unspecified atom stereocenters. The Morgan fingerprint density at radius 3 is 3.07 bits per heavy atom. The van der Waals surface area contributed by atoms with Crippen molar-refractivity contribution in [2.45, 2.75) is 33.1 Å². The van der Waals surface area contributed by atoms with Gasteiger partial charge in [0.15, 0.2) is 11.7 Å². The van der Waals surface area contributed by atoms with Gasteiger partial charge in [0.2, 0.25) is 5.82 Å². The lowest BCUT2D eigenvalue weighted by Gasteiger charge is -2.34. The summed E-state index contributed by atoms with van der Waals surface area (Å²) < 4.78 is 10.5. The molecule has 29 heavy (non-hydrogen) atoms. The summed E-state index contributed by atoms with van der Waals surface area (Å²) in [5.41, 5.74) is 0. The number of rotatable bonds is 7. The second kappa shape index (κ2) is 11.8. The highest BCUT2D eigenvalue weighted by molar-refractivity contribution is 14.0. The van der Waals surface area contributed by atoms with Gasteiger partial charge in [0.1, 0.15) is 5.82 Å². The molecule has 3 heterocycles. The van der Waals surface area contributed by atoms with Crippen LogP contribution in [0.1, 0.15) is 32.5 Å². The van der Waals surface area contributed by atoms with E-state index < -0.39 is 0 Å². The van der Waals surface area contributed by atoms with Crippen LogP contribution >= 0.6 is 24.0 Å². The summed E-state index contributed by atoms with van der Waals surface area (Å²) in [6.45, 7) is 7.14. The molecule has 0 radical (unpaired) electrons. The molecule has 2 aromatic heterocycles. The monoisotopic (exact) mass is 516 g/mol. The van der Waals surface area contributed by atoms with Crippen LogP contribution < -0.4 is 5.32 Å². The standard InChI is InChI=1S/C19H28N6O3.HI/c1-3-20-19(25-11-5-7-14(13-25)18(26)27-4-2)21-10-9-16-22-17(24-23-16)15-8-6-12-28-15;/h6,8,12,14H,3-5,7,9-11,13H2,1-2H3,(H,20,21)(H,22,23,24);1H. The maximum atomic E-state index is 12.1. The number of likely N-dealkylation sites (tertiary alicyclic amines) is 1. The average Bonchev–Trinajstić information content (AvgIpc) is 3.39. The first-order valence-electron chi connectivity index (χ1n) is 9.86. The topological polar surface area (TPSA) is 109 Å². The van der Waals surface area contributed by atoms with Gasteiger partial charge in [-0.05, 0) is 38.8 Å². The number of carbonyl (C=O) groups excluding carboxylic acids is 1. The Balaban J connectivity index is 0.00000300. The summed E-state index contributed by atoms with van der Waals surface area (Å²) in [4.78, 5) is 23.4. The zero-order valence-electron chi connectivity index (χ0n) is 16.9. The van der Waals surface area contributed by atoms with E-state index in [0.717, 1.165) is 37.7 Å². The number of ether oxygens (including phenoxy) is 1. The average molecular weight is 516 g/mol. The van der Waals surface area contributed by atoms with Gasteiger partial charge in [0.05, 0.1) is 18.8 Å². The van der Waals surface area contributed by atoms with Crippen LogP contribution in [0.5, 0.6) is 0 Å². The van der Waals surface area contributed by atoms with Crippen LogP contribution in [0.2, 0.25) is 0 Å². The number of piperidine rings is 1. The minimum Gasteiger partial charge on any atom is -0.466 e. The number of furan rings is 1. The van der Waals surface area contributed by atoms with Crippen molar-refractivity contribution in [2.75, 3.05) is 32.8 Å². The summed E-state index contributed by atoms with van der Waals surface area (Å²) in [5, 5.41) is 10.4. The highest BCUT2D eigenvalue weighted by atomic mass is 127. The van der Waals surface area contributed by atoms with E-state index in [2.05, 4.69) is 25.4 Å². The highest BCUT2D eigenvalue weighted by Gasteiger charge is 2.28. The molecule has 1 saturated heterocycles. The molecule has 3 rings (SSSR count). The Bertz CT molecular complexity index is 777. The highest BCUT2D eigenvalue weighted by Crippen LogP contribution is 2.18. The summed E-state index contributed by atoms with van der Waals surface area (Å²) in [6, 6.07) is 3.63. The summed E-state index contributed by atoms with van der Waals surface area (Å²) in [5.74, 6) is 2.55. The van der Waals surface area contributed by atoms with E-state index >= 15 is 0 Å². The number of hydrogen-bond donors (Lipinski definition) is 2. The SMILES string of the molecule is CCNC(=NCCc1nc(-c2ccco2)n[nH]1)N1CCCC(C(=O)OCC)C1.I. The number of halogens is 1. The van der Waals surface area contributed by atoms with E-state index in [1.165, 1.54) is 0 Å². The third-order valence-corrected chi connectivity index (χ3v) is 4.56. The molecule has 0 aromatic carbocycles. The maximum Gasteiger partial charge on any atom is 0.310 e. The quantitative estimate of drug-likeness (QED) is 0.252. The van der Waals surface area contributed by atoms with Crippen LogP contribution in [-0.2, 0) is 16.0 Å². The van der Waals surface area contributed by atoms with Gasteiger partial charge >= 0.3 is 5.97 Å². The Morgan fingerprint density at radius 1 is 1.48 bits per heavy atom. The fourth-order valence-corrected chi connectivity index (χ4v) is 3.24. The smallest absolute Gasteiger partial charge is 0.310 e. The molecule has 1 aliphatic heterocycles. The molecular weight excluding hydrogens is 487 g/mol. The Kier molecular flexibility index (Phi) is 9.42. The third kappa shape index (κ3) is 6.44. The van der Waals surface area contributed by atoms with Crippen molar-refractivity contribution in [3.05, 3.63) is 24.2 Å². The van der Waals surface area contributed by atoms with Crippen LogP contribution in [0.15, 0.2) is 27.8 Å². The minimum atomic E-state index is -0.116. The molecule has 2 N–H and O–H groups in total. The number of nitrogens with zero attached hydrogens (tertiary/aromatic N) is 4. The van der Waals surface area contributed by atoms with Crippen LogP contribution in [-0.4, -0.2) is 64.8 Å². The molecule has 0 saturated carbocycles. The number of esters is 1. The first kappa shape index (κ1) is 23.2. The molecule has 10 heteroatoms. The van der Waals surface area contributed by atoms with Crippen LogP contribution in [0.3, 0.4) is 0 Å². The van der Waals surface area contributed by atoms with E-state index in [1.807, 2.05) is 19.9 Å². The van der Waals surface area contributed by atoms with E-state index in [9.17, 15) is 4.79 Å². The molecule has 0 spiro atoms. The molecule has 1 fully saturated rings. The van der Waals surface area contributed by atoms with Crippen molar-refractivity contribution in [1.29, 1.82) is 0 Å². The van der Waals surface area contributed by atoms with Gasteiger partial charge in [-0.25, -0.2) is 4.98 Å². The van der Waals surface area contributed by atoms with E-state index in [4.69, 9.17) is 14.1 Å². The van der Waals surface area contributed by atoms with E-state index in [-0.39, 0.29) is 35.9 Å². The van der Waals surface area contributed by atoms with Gasteiger partial charge in [-0.2, -0.15) is 5.10 Å². The Hall–Kier alpha value is -2.11. The van der Waals surface area contributed by atoms with Crippen molar-refractivity contribution >= 4 is 35.9 Å². The first-order chi connectivity index (χ1) is 13.7. The summed E-state index contributed by atoms with van der Waals surface area (Å²) in [6.07, 6.45) is 4.04. The summed E-state index contributed by atoms with van der Waals surface area (Å²) >= 11 is 0. The lowest BCUT2D eigenvalue weighted by Crippen LogP contribution is -2.48. The number of aliphatic imine (C=N–C) groups is 1. The lowest BCUT2D eigenvalue weighted by molar-refractivity contribution is -0.149. The second-order valence-corrected chi connectivity index (χ2v) is 6.61. The minimum absolute atomic E-state index is 0. The number of nitrogens with one attached hydrogen (secondary N) is 2. The zero-order valence-corrected chi connectivity index (χ0v) is 19.2. The molecule has 9 nitrogen and oxygen atoms in total. The van der Waals surface area contributed by atoms with Crippen molar-refractivity contribution in [2.24, 2.45) is 10.9 Å². The maximum absolute atomic E-state index is 12.1. The van der Waals surface area contributed by atoms with Crippen LogP contribution in [0.4, 0.5) is 0 Å². The molecule has 160 valence electrons. The largest absolute Gasteiger partial charge is 0.466 e. The second-order valence-electron chi connectivity index (χ2n) is 6.61. The fraction of sp³-hybridized carbons (Fsp3) is 0.579. The van der Waals surface area contributed by atoms with Crippen LogP contribution in [0.25, 0.3) is 11.6 Å². The van der Waals surface area contributed by atoms with Gasteiger partial charge in [-0.1, -0.05) is 0 Å². The van der Waals surface area contributed by atoms with Gasteiger partial charge < -0.3 is 19.4 Å². The molecular formula is C19H29IN6O3. The predicted octanol–water partition coefficient (Wildman–Crippen LogP) is 2.47. The van der Waals surface area contributed by atoms with E-state index in [0.29, 0.717) is 37.7 Å². The molecule has 1 aliphatic rings. The van der Waals surface area contributed by atoms with Gasteiger partial charge in [0.25, 0.3) is 0 Å². The van der Waals surface area contributed by atoms with Gasteiger partial charge in [-0.3, -0.25) is 14.9 Å². The number of hydrogen-bond acceptors (Lipinski definition) is 6. The Morgan fingerprint density at radius 2 is 2.34 bits per heavy atom. The third-order valence-electron chi connectivity index (χ3n) is 4.56. The first-order valence-corrected chi connectivity index (χ1v) is 9.86. The molecule has 0 aliphatic carbocycles. The molecule has 0 bridgehead atoms. The lowest BCUT2D eigenvalue weighted by atomic mass is 9.98. The predicted molar refractivity (Wildman–Crippen MR) is 120 cm³/mol. The number of guanidine groups is 1. The zero-order chi connectivity index (χ0) is 19.8. The van der Waals surface area contributed by atoms with Crippen LogP contribution in [0, 0.1) is 5.92 Å². The van der Waals surface area contributed by atoms with Crippen molar-refractivity contribution < 1.29 is 13.9 Å². The molecule has 2 aromatic rings. The van der Waals surface area contributed by atoms with Crippen molar-refractivity contribution in [1.82, 2.24) is 25.4 Å². The number of aromatic nitrogens is 3. The van der Waals surface area contributed by atoms with Crippen molar-refractivity contribution in [3.63, 3.8) is 0 Å². The number of H-pyrrole nitrogens is 1.